The van der Waals surface area contributed by atoms with Gasteiger partial charge in [-0.2, -0.15) is 0 Å². The minimum Gasteiger partial charge on any atom is -0.359 e. The van der Waals surface area contributed by atoms with Crippen LogP contribution < -0.4 is 10.2 Å². The van der Waals surface area contributed by atoms with E-state index in [1.54, 1.807) is 0 Å². The zero-order chi connectivity index (χ0) is 14.4. The van der Waals surface area contributed by atoms with Crippen LogP contribution in [-0.4, -0.2) is 36.1 Å². The van der Waals surface area contributed by atoms with Crippen molar-refractivity contribution in [1.82, 2.24) is 15.3 Å². The maximum Gasteiger partial charge on any atom is 0.225 e. The SMILES string of the molecule is CC1(C)OC(C)(C)c2nc(N3CCCNCC3)ncc21. The molecule has 0 radical (unpaired) electrons. The van der Waals surface area contributed by atoms with Crippen molar-refractivity contribution in [3.05, 3.63) is 17.5 Å². The lowest BCUT2D eigenvalue weighted by Crippen LogP contribution is -2.30. The first kappa shape index (κ1) is 13.8. The minimum atomic E-state index is -0.347. The van der Waals surface area contributed by atoms with Crippen LogP contribution in [0.1, 0.15) is 45.4 Å². The average Bonchev–Trinajstić information content (AvgIpc) is 2.59. The predicted octanol–water partition coefficient (Wildman–Crippen LogP) is 1.78. The molecule has 0 aromatic carbocycles. The predicted molar refractivity (Wildman–Crippen MR) is 78.9 cm³/mol. The van der Waals surface area contributed by atoms with Gasteiger partial charge in [-0.25, -0.2) is 9.97 Å². The molecular weight excluding hydrogens is 252 g/mol. The first-order valence-corrected chi connectivity index (χ1v) is 7.44. The molecule has 3 rings (SSSR count). The second-order valence-corrected chi connectivity index (χ2v) is 6.65. The Labute approximate surface area is 120 Å². The number of nitrogens with one attached hydrogen (secondary N) is 1. The molecule has 5 nitrogen and oxygen atoms in total. The summed E-state index contributed by atoms with van der Waals surface area (Å²) in [4.78, 5) is 11.7. The number of hydrogen-bond donors (Lipinski definition) is 1. The number of anilines is 1. The first-order chi connectivity index (χ1) is 9.40. The van der Waals surface area contributed by atoms with Gasteiger partial charge in [-0.15, -0.1) is 0 Å². The van der Waals surface area contributed by atoms with Crippen molar-refractivity contribution >= 4 is 5.95 Å². The molecule has 0 amide bonds. The van der Waals surface area contributed by atoms with E-state index < -0.39 is 0 Å². The molecule has 2 aliphatic rings. The Bertz CT molecular complexity index is 505. The van der Waals surface area contributed by atoms with Crippen LogP contribution in [0.5, 0.6) is 0 Å². The lowest BCUT2D eigenvalue weighted by molar-refractivity contribution is -0.106. The van der Waals surface area contributed by atoms with Crippen molar-refractivity contribution in [2.24, 2.45) is 0 Å². The topological polar surface area (TPSA) is 50.3 Å². The van der Waals surface area contributed by atoms with E-state index in [1.807, 2.05) is 6.20 Å². The fourth-order valence-electron chi connectivity index (χ4n) is 3.21. The number of aromatic nitrogens is 2. The Morgan fingerprint density at radius 3 is 2.75 bits per heavy atom. The number of rotatable bonds is 1. The van der Waals surface area contributed by atoms with Gasteiger partial charge in [0.1, 0.15) is 5.60 Å². The van der Waals surface area contributed by atoms with Crippen LogP contribution in [0.2, 0.25) is 0 Å². The molecule has 1 aromatic rings. The van der Waals surface area contributed by atoms with Crippen molar-refractivity contribution in [2.45, 2.75) is 45.3 Å². The Kier molecular flexibility index (Phi) is 3.21. The molecule has 0 aliphatic carbocycles. The molecule has 0 spiro atoms. The molecule has 110 valence electrons. The van der Waals surface area contributed by atoms with Crippen molar-refractivity contribution in [1.29, 1.82) is 0 Å². The molecule has 2 aliphatic heterocycles. The lowest BCUT2D eigenvalue weighted by atomic mass is 9.97. The molecule has 1 aromatic heterocycles. The van der Waals surface area contributed by atoms with Crippen LogP contribution in [0.3, 0.4) is 0 Å². The summed E-state index contributed by atoms with van der Waals surface area (Å²) in [6.45, 7) is 12.4. The maximum absolute atomic E-state index is 6.14. The second-order valence-electron chi connectivity index (χ2n) is 6.65. The van der Waals surface area contributed by atoms with E-state index in [2.05, 4.69) is 42.9 Å². The molecule has 1 N–H and O–H groups in total. The van der Waals surface area contributed by atoms with Crippen LogP contribution >= 0.6 is 0 Å². The summed E-state index contributed by atoms with van der Waals surface area (Å²) in [7, 11) is 0. The summed E-state index contributed by atoms with van der Waals surface area (Å²) in [5.41, 5.74) is 1.49. The van der Waals surface area contributed by atoms with E-state index in [4.69, 9.17) is 9.72 Å². The highest BCUT2D eigenvalue weighted by molar-refractivity contribution is 5.40. The van der Waals surface area contributed by atoms with Crippen molar-refractivity contribution in [3.63, 3.8) is 0 Å². The van der Waals surface area contributed by atoms with Crippen LogP contribution in [0, 0.1) is 0 Å². The third-order valence-electron chi connectivity index (χ3n) is 4.13. The van der Waals surface area contributed by atoms with E-state index in [0.717, 1.165) is 49.8 Å². The fraction of sp³-hybridized carbons (Fsp3) is 0.733. The Morgan fingerprint density at radius 2 is 1.95 bits per heavy atom. The van der Waals surface area contributed by atoms with Gasteiger partial charge in [0.25, 0.3) is 0 Å². The Hall–Kier alpha value is -1.20. The molecule has 20 heavy (non-hydrogen) atoms. The summed E-state index contributed by atoms with van der Waals surface area (Å²) < 4.78 is 6.14. The van der Waals surface area contributed by atoms with Gasteiger partial charge >= 0.3 is 0 Å². The Morgan fingerprint density at radius 1 is 1.15 bits per heavy atom. The third-order valence-corrected chi connectivity index (χ3v) is 4.13. The minimum absolute atomic E-state index is 0.308. The molecule has 0 unspecified atom stereocenters. The average molecular weight is 276 g/mol. The summed E-state index contributed by atoms with van der Waals surface area (Å²) in [5, 5.41) is 3.41. The van der Waals surface area contributed by atoms with Gasteiger partial charge in [0, 0.05) is 31.4 Å². The Balaban J connectivity index is 1.97. The third kappa shape index (κ3) is 2.29. The van der Waals surface area contributed by atoms with Crippen molar-refractivity contribution in [3.8, 4) is 0 Å². The quantitative estimate of drug-likeness (QED) is 0.847. The molecule has 0 saturated carbocycles. The van der Waals surface area contributed by atoms with Crippen LogP contribution in [0.15, 0.2) is 6.20 Å². The summed E-state index contributed by atoms with van der Waals surface area (Å²) >= 11 is 0. The van der Waals surface area contributed by atoms with Crippen LogP contribution in [-0.2, 0) is 15.9 Å². The van der Waals surface area contributed by atoms with Gasteiger partial charge in [-0.1, -0.05) is 0 Å². The highest BCUT2D eigenvalue weighted by atomic mass is 16.5. The maximum atomic E-state index is 6.14. The number of nitrogens with zero attached hydrogens (tertiary/aromatic N) is 3. The van der Waals surface area contributed by atoms with Crippen LogP contribution in [0.4, 0.5) is 5.95 Å². The molecule has 3 heterocycles. The highest BCUT2D eigenvalue weighted by Crippen LogP contribution is 2.45. The first-order valence-electron chi connectivity index (χ1n) is 7.44. The molecular formula is C15H24N4O. The van der Waals surface area contributed by atoms with E-state index in [1.165, 1.54) is 0 Å². The normalized spacial score (nSPS) is 24.3. The molecule has 0 atom stereocenters. The van der Waals surface area contributed by atoms with Crippen molar-refractivity contribution in [2.75, 3.05) is 31.1 Å². The zero-order valence-corrected chi connectivity index (χ0v) is 12.9. The second kappa shape index (κ2) is 4.67. The monoisotopic (exact) mass is 276 g/mol. The summed E-state index contributed by atoms with van der Waals surface area (Å²) in [5.74, 6) is 0.835. The molecule has 0 bridgehead atoms. The number of ether oxygens (including phenoxy) is 1. The summed E-state index contributed by atoms with van der Waals surface area (Å²) in [6.07, 6.45) is 3.08. The van der Waals surface area contributed by atoms with Crippen molar-refractivity contribution < 1.29 is 4.74 Å². The van der Waals surface area contributed by atoms with E-state index in [-0.39, 0.29) is 11.2 Å². The largest absolute Gasteiger partial charge is 0.359 e. The van der Waals surface area contributed by atoms with Crippen LogP contribution in [0.25, 0.3) is 0 Å². The number of fused-ring (bicyclic) bond motifs is 1. The van der Waals surface area contributed by atoms with E-state index in [0.29, 0.717) is 0 Å². The smallest absolute Gasteiger partial charge is 0.225 e. The molecule has 5 heteroatoms. The lowest BCUT2D eigenvalue weighted by Gasteiger charge is -2.24. The highest BCUT2D eigenvalue weighted by Gasteiger charge is 2.45. The van der Waals surface area contributed by atoms with Gasteiger partial charge in [-0.05, 0) is 40.7 Å². The fourth-order valence-corrected chi connectivity index (χ4v) is 3.21. The van der Waals surface area contributed by atoms with Gasteiger partial charge in [0.2, 0.25) is 5.95 Å². The van der Waals surface area contributed by atoms with Gasteiger partial charge < -0.3 is 15.0 Å². The summed E-state index contributed by atoms with van der Waals surface area (Å²) in [6, 6.07) is 0. The van der Waals surface area contributed by atoms with Gasteiger partial charge in [-0.3, -0.25) is 0 Å². The van der Waals surface area contributed by atoms with E-state index >= 15 is 0 Å². The zero-order valence-electron chi connectivity index (χ0n) is 12.9. The van der Waals surface area contributed by atoms with E-state index in [9.17, 15) is 0 Å². The standard InChI is InChI=1S/C15H24N4O/c1-14(2)11-10-17-13(18-12(11)15(3,4)20-14)19-8-5-6-16-7-9-19/h10,16H,5-9H2,1-4H3. The van der Waals surface area contributed by atoms with Gasteiger partial charge in [0.05, 0.1) is 11.3 Å². The molecule has 1 saturated heterocycles. The molecule has 1 fully saturated rings. The van der Waals surface area contributed by atoms with Gasteiger partial charge in [0.15, 0.2) is 0 Å². The number of hydrogen-bond acceptors (Lipinski definition) is 5.